The van der Waals surface area contributed by atoms with Crippen molar-refractivity contribution in [2.45, 2.75) is 52.3 Å². The van der Waals surface area contributed by atoms with Crippen LogP contribution in [0.25, 0.3) is 28.0 Å². The number of anilines is 1. The molecule has 9 nitrogen and oxygen atoms in total. The number of aryl methyl sites for hydroxylation is 1. The number of benzene rings is 1. The van der Waals surface area contributed by atoms with Gasteiger partial charge in [-0.1, -0.05) is 44.3 Å². The minimum atomic E-state index is -0.810. The lowest BCUT2D eigenvalue weighted by molar-refractivity contribution is -0.126. The third-order valence-electron chi connectivity index (χ3n) is 7.88. The molecule has 4 heterocycles. The summed E-state index contributed by atoms with van der Waals surface area (Å²) in [6.07, 6.45) is 2.91. The number of aromatic nitrogens is 4. The molecule has 4 aromatic rings. The molecule has 0 aliphatic carbocycles. The third kappa shape index (κ3) is 6.11. The first-order chi connectivity index (χ1) is 21.4. The summed E-state index contributed by atoms with van der Waals surface area (Å²) in [6, 6.07) is 7.06. The lowest BCUT2D eigenvalue weighted by Crippen LogP contribution is -2.54. The van der Waals surface area contributed by atoms with Crippen LogP contribution in [0.2, 0.25) is 0 Å². The van der Waals surface area contributed by atoms with Crippen LogP contribution in [0.5, 0.6) is 0 Å². The van der Waals surface area contributed by atoms with Gasteiger partial charge in [0.15, 0.2) is 10.8 Å². The van der Waals surface area contributed by atoms with Crippen molar-refractivity contribution < 1.29 is 18.4 Å². The molecule has 1 fully saturated rings. The molecule has 1 aliphatic heterocycles. The van der Waals surface area contributed by atoms with Crippen LogP contribution in [-0.4, -0.2) is 61.1 Å². The minimum Gasteiger partial charge on any atom is -0.350 e. The number of halogens is 2. The number of hydrogen-bond acceptors (Lipinski definition) is 8. The number of carbonyl (C=O) groups excluding carboxylic acids is 2. The molecule has 12 heteroatoms. The summed E-state index contributed by atoms with van der Waals surface area (Å²) < 4.78 is 33.0. The average Bonchev–Trinajstić information content (AvgIpc) is 2.99. The molecule has 1 amide bonds. The van der Waals surface area contributed by atoms with E-state index in [4.69, 9.17) is 4.98 Å². The smallest absolute Gasteiger partial charge is 0.350 e. The van der Waals surface area contributed by atoms with E-state index in [2.05, 4.69) is 16.5 Å². The number of rotatable bonds is 7. The Labute approximate surface area is 264 Å². The van der Waals surface area contributed by atoms with E-state index in [1.165, 1.54) is 35.8 Å². The number of thioether (sulfide) groups is 1. The first-order valence-electron chi connectivity index (χ1n) is 14.6. The van der Waals surface area contributed by atoms with Gasteiger partial charge in [0, 0.05) is 50.1 Å². The molecule has 1 atom stereocenters. The van der Waals surface area contributed by atoms with E-state index in [1.807, 2.05) is 32.6 Å². The molecule has 1 saturated heterocycles. The quantitative estimate of drug-likeness (QED) is 0.244. The number of pyridine rings is 2. The normalized spacial score (nSPS) is 15.2. The zero-order valence-corrected chi connectivity index (χ0v) is 26.6. The maximum atomic E-state index is 16.2. The maximum absolute atomic E-state index is 16.2. The van der Waals surface area contributed by atoms with E-state index in [0.717, 1.165) is 17.3 Å². The summed E-state index contributed by atoms with van der Waals surface area (Å²) in [5.74, 6) is -1.48. The number of carbonyl (C=O) groups is 2. The Morgan fingerprint density at radius 2 is 1.91 bits per heavy atom. The maximum Gasteiger partial charge on any atom is 0.355 e. The summed E-state index contributed by atoms with van der Waals surface area (Å²) in [5.41, 5.74) is 1.28. The molecule has 1 aliphatic rings. The zero-order chi connectivity index (χ0) is 32.6. The molecule has 0 bridgehead atoms. The van der Waals surface area contributed by atoms with Crippen LogP contribution in [0.15, 0.2) is 54.0 Å². The van der Waals surface area contributed by atoms with Gasteiger partial charge >= 0.3 is 5.69 Å². The lowest BCUT2D eigenvalue weighted by Gasteiger charge is -2.40. The number of hydrogen-bond donors (Lipinski definition) is 0. The van der Waals surface area contributed by atoms with Crippen molar-refractivity contribution >= 4 is 39.6 Å². The predicted molar refractivity (Wildman–Crippen MR) is 173 cm³/mol. The summed E-state index contributed by atoms with van der Waals surface area (Å²) >= 11 is 0.976. The molecule has 1 aromatic carbocycles. The second-order valence-electron chi connectivity index (χ2n) is 11.3. The van der Waals surface area contributed by atoms with Crippen LogP contribution in [0, 0.1) is 18.6 Å². The predicted octanol–water partition coefficient (Wildman–Crippen LogP) is 5.56. The van der Waals surface area contributed by atoms with Crippen LogP contribution in [0.4, 0.5) is 14.6 Å². The zero-order valence-electron chi connectivity index (χ0n) is 25.8. The Kier molecular flexibility index (Phi) is 9.15. The molecule has 0 spiro atoms. The summed E-state index contributed by atoms with van der Waals surface area (Å²) in [5, 5.41) is 0.0825. The summed E-state index contributed by atoms with van der Waals surface area (Å²) in [6.45, 7) is 13.6. The van der Waals surface area contributed by atoms with Crippen molar-refractivity contribution in [1.29, 1.82) is 0 Å². The van der Waals surface area contributed by atoms with Crippen LogP contribution in [-0.2, 0) is 15.3 Å². The van der Waals surface area contributed by atoms with Gasteiger partial charge in [0.25, 0.3) is 0 Å². The first-order valence-corrected chi connectivity index (χ1v) is 15.6. The average molecular weight is 633 g/mol. The molecule has 1 unspecified atom stereocenters. The lowest BCUT2D eigenvalue weighted by atomic mass is 10.0. The van der Waals surface area contributed by atoms with Crippen molar-refractivity contribution in [3.05, 3.63) is 88.1 Å². The van der Waals surface area contributed by atoms with Gasteiger partial charge in [-0.05, 0) is 55.2 Å². The number of fused-ring (bicyclic) bond motifs is 1. The highest BCUT2D eigenvalue weighted by Gasteiger charge is 2.31. The number of piperazine rings is 1. The molecule has 234 valence electrons. The van der Waals surface area contributed by atoms with Gasteiger partial charge in [0.05, 0.1) is 16.8 Å². The molecular weight excluding hydrogens is 598 g/mol. The highest BCUT2D eigenvalue weighted by Crippen LogP contribution is 2.36. The van der Waals surface area contributed by atoms with E-state index in [1.54, 1.807) is 23.2 Å². The Bertz CT molecular complexity index is 1890. The highest BCUT2D eigenvalue weighted by molar-refractivity contribution is 8.12. The van der Waals surface area contributed by atoms with Gasteiger partial charge in [0.2, 0.25) is 5.91 Å². The van der Waals surface area contributed by atoms with E-state index in [-0.39, 0.29) is 56.8 Å². The minimum absolute atomic E-state index is 0.0834. The third-order valence-corrected chi connectivity index (χ3v) is 8.74. The van der Waals surface area contributed by atoms with Gasteiger partial charge < -0.3 is 9.80 Å². The Hall–Kier alpha value is -4.45. The fourth-order valence-corrected chi connectivity index (χ4v) is 6.32. The highest BCUT2D eigenvalue weighted by atomic mass is 32.2. The summed E-state index contributed by atoms with van der Waals surface area (Å²) in [7, 11) is 0. The van der Waals surface area contributed by atoms with Gasteiger partial charge in [-0.15, -0.1) is 0 Å². The van der Waals surface area contributed by atoms with Crippen molar-refractivity contribution in [2.24, 2.45) is 0 Å². The van der Waals surface area contributed by atoms with Crippen molar-refractivity contribution in [2.75, 3.05) is 24.5 Å². The Morgan fingerprint density at radius 3 is 2.58 bits per heavy atom. The Balaban J connectivity index is 1.82. The Morgan fingerprint density at radius 1 is 1.16 bits per heavy atom. The molecule has 3 aromatic heterocycles. The standard InChI is InChI=1S/C33H34F2N6O3S/c1-7-26(43)39-13-14-40(20(5)16-39)31-23-15-25(35)29(27-22(17-45-21(6)42)9-8-10-24(27)34)37-32(23)41(33(44)38-31)30-19(4)11-12-36-28(30)18(2)3/h7-12,15,18,20H,1,13-14,16-17H2,2-6H3. The van der Waals surface area contributed by atoms with E-state index in [0.29, 0.717) is 36.6 Å². The second-order valence-corrected chi connectivity index (χ2v) is 12.5. The van der Waals surface area contributed by atoms with Crippen LogP contribution in [0.1, 0.15) is 50.4 Å². The van der Waals surface area contributed by atoms with Gasteiger partial charge in [0.1, 0.15) is 23.1 Å². The summed E-state index contributed by atoms with van der Waals surface area (Å²) in [4.78, 5) is 55.3. The molecule has 0 N–H and O–H groups in total. The van der Waals surface area contributed by atoms with Gasteiger partial charge in [-0.2, -0.15) is 4.98 Å². The first kappa shape index (κ1) is 32.0. The van der Waals surface area contributed by atoms with E-state index in [9.17, 15) is 14.4 Å². The van der Waals surface area contributed by atoms with Crippen molar-refractivity contribution in [3.63, 3.8) is 0 Å². The van der Waals surface area contributed by atoms with Crippen molar-refractivity contribution in [1.82, 2.24) is 24.4 Å². The molecule has 45 heavy (non-hydrogen) atoms. The monoisotopic (exact) mass is 632 g/mol. The number of amides is 1. The molecule has 0 saturated carbocycles. The molecule has 0 radical (unpaired) electrons. The van der Waals surface area contributed by atoms with Gasteiger partial charge in [-0.25, -0.2) is 23.1 Å². The number of nitrogens with zero attached hydrogens (tertiary/aromatic N) is 6. The van der Waals surface area contributed by atoms with Crippen molar-refractivity contribution in [3.8, 4) is 16.9 Å². The topological polar surface area (TPSA) is 101 Å². The largest absolute Gasteiger partial charge is 0.355 e. The molecule has 5 rings (SSSR count). The van der Waals surface area contributed by atoms with E-state index < -0.39 is 17.3 Å². The van der Waals surface area contributed by atoms with Crippen LogP contribution < -0.4 is 10.6 Å². The fourth-order valence-electron chi connectivity index (χ4n) is 5.72. The second kappa shape index (κ2) is 12.9. The fraction of sp³-hybridized carbons (Fsp3) is 0.333. The SMILES string of the molecule is C=CC(=O)N1CCN(c2nc(=O)n(-c3c(C)ccnc3C(C)C)c3nc(-c4c(F)cccc4CSC(C)=O)c(F)cc23)C(C)C1. The van der Waals surface area contributed by atoms with E-state index >= 15 is 8.78 Å². The van der Waals surface area contributed by atoms with Crippen LogP contribution in [0.3, 0.4) is 0 Å². The van der Waals surface area contributed by atoms with Crippen LogP contribution >= 0.6 is 11.8 Å². The van der Waals surface area contributed by atoms with Gasteiger partial charge in [-0.3, -0.25) is 14.6 Å². The molecular formula is C33H34F2N6O3S.